The smallest absolute Gasteiger partial charge is 0.335 e. The van der Waals surface area contributed by atoms with E-state index >= 15 is 9.59 Å². The number of carboxylic acid groups (broad SMARTS) is 1. The molecule has 1 aliphatic heterocycles. The second-order valence-corrected chi connectivity index (χ2v) is 23.0. The van der Waals surface area contributed by atoms with Crippen molar-refractivity contribution in [1.29, 1.82) is 0 Å². The maximum absolute atomic E-state index is 15.7. The summed E-state index contributed by atoms with van der Waals surface area (Å²) in [6.45, 7) is 25.7. The lowest BCUT2D eigenvalue weighted by Crippen LogP contribution is -2.42. The van der Waals surface area contributed by atoms with E-state index in [4.69, 9.17) is 9.47 Å². The largest absolute Gasteiger partial charge is 0.478 e. The second kappa shape index (κ2) is 16.0. The molecule has 352 valence electrons. The van der Waals surface area contributed by atoms with E-state index in [-0.39, 0.29) is 21.8 Å². The fourth-order valence-corrected chi connectivity index (χ4v) is 10.2. The molecule has 2 amide bonds. The van der Waals surface area contributed by atoms with Crippen molar-refractivity contribution in [3.63, 3.8) is 0 Å². The van der Waals surface area contributed by atoms with Crippen LogP contribution in [0.1, 0.15) is 136 Å². The highest BCUT2D eigenvalue weighted by Gasteiger charge is 2.40. The molecule has 0 aliphatic carbocycles. The molecule has 1 N–H and O–H groups in total. The summed E-state index contributed by atoms with van der Waals surface area (Å²) in [4.78, 5) is 44.7. The van der Waals surface area contributed by atoms with Crippen molar-refractivity contribution in [2.45, 2.75) is 105 Å². The molecule has 0 saturated carbocycles. The van der Waals surface area contributed by atoms with Gasteiger partial charge in [-0.3, -0.25) is 9.59 Å². The van der Waals surface area contributed by atoms with Crippen LogP contribution in [0.3, 0.4) is 0 Å². The van der Waals surface area contributed by atoms with E-state index in [1.807, 2.05) is 60.7 Å². The Balaban J connectivity index is 1.33. The zero-order valence-corrected chi connectivity index (χ0v) is 42.1. The van der Waals surface area contributed by atoms with Crippen molar-refractivity contribution < 1.29 is 29.0 Å². The molecular weight excluding hydrogens is 867 g/mol. The first-order valence-electron chi connectivity index (χ1n) is 24.1. The molecule has 10 rings (SSSR count). The zero-order valence-electron chi connectivity index (χ0n) is 42.1. The number of anilines is 1. The molecule has 70 heavy (non-hydrogen) atoms. The van der Waals surface area contributed by atoms with Gasteiger partial charge in [-0.25, -0.2) is 9.69 Å². The molecule has 7 heteroatoms. The average Bonchev–Trinajstić information content (AvgIpc) is 3.29. The highest BCUT2D eigenvalue weighted by Crippen LogP contribution is 2.54. The van der Waals surface area contributed by atoms with Crippen molar-refractivity contribution in [3.8, 4) is 34.1 Å². The number of fused-ring (bicyclic) bond motifs is 2. The number of rotatable bonds is 7. The Bertz CT molecular complexity index is 3480. The van der Waals surface area contributed by atoms with Gasteiger partial charge in [-0.05, 0) is 131 Å². The number of hydrogen-bond acceptors (Lipinski definition) is 5. The number of benzene rings is 9. The Labute approximate surface area is 410 Å². The molecule has 7 nitrogen and oxygen atoms in total. The van der Waals surface area contributed by atoms with Crippen molar-refractivity contribution >= 4 is 66.6 Å². The standard InChI is InChI=1S/C63H59NO6/c1-60(2,3)37-20-25-40(26-21-37)69-50-33-46-53-47(58(66)64(57(46)65)49-32-39(62(7,8)9)24-31-48(49)63(10,11)12)34-51(70-41-27-22-38(23-28-41)61(4,5)6)55-45-30-29-42(35-16-18-36(19-17-35)59(67)68)43-14-13-15-44(52(43)45)54(50)56(53)55/h13-34H,1-12H3,(H,67,68). The molecular formula is C63H59NO6. The molecule has 0 aromatic heterocycles. The minimum absolute atomic E-state index is 0.0873. The number of carboxylic acids is 1. The van der Waals surface area contributed by atoms with Crippen LogP contribution in [0.25, 0.3) is 54.2 Å². The van der Waals surface area contributed by atoms with Gasteiger partial charge in [0.25, 0.3) is 11.8 Å². The molecule has 1 aliphatic rings. The van der Waals surface area contributed by atoms with E-state index in [1.165, 1.54) is 4.90 Å². The van der Waals surface area contributed by atoms with Crippen molar-refractivity contribution in [2.75, 3.05) is 4.90 Å². The first-order valence-corrected chi connectivity index (χ1v) is 24.1. The van der Waals surface area contributed by atoms with E-state index in [0.29, 0.717) is 50.6 Å². The third kappa shape index (κ3) is 7.72. The molecule has 9 aromatic carbocycles. The van der Waals surface area contributed by atoms with E-state index in [2.05, 4.69) is 144 Å². The number of aromatic carboxylic acids is 1. The quantitative estimate of drug-likeness (QED) is 0.0972. The van der Waals surface area contributed by atoms with Crippen LogP contribution in [-0.4, -0.2) is 22.9 Å². The lowest BCUT2D eigenvalue weighted by atomic mass is 9.79. The Hall–Kier alpha value is -7.51. The minimum atomic E-state index is -0.991. The second-order valence-electron chi connectivity index (χ2n) is 23.0. The molecule has 0 saturated heterocycles. The van der Waals surface area contributed by atoms with Crippen molar-refractivity contribution in [2.24, 2.45) is 0 Å². The third-order valence-corrected chi connectivity index (χ3v) is 14.0. The van der Waals surface area contributed by atoms with Crippen LogP contribution in [0.4, 0.5) is 5.69 Å². The number of ether oxygens (including phenoxy) is 2. The van der Waals surface area contributed by atoms with Crippen molar-refractivity contribution in [1.82, 2.24) is 0 Å². The SMILES string of the molecule is CC(C)(C)c1ccc(Oc2cc3c4c(cc(Oc5ccc(C(C)(C)C)cc5)c5c6ccc(-c7ccc(C(=O)O)cc7)c7cccc(c2c45)c76)C(=O)N(c2cc(C(C)(C)C)ccc2C(C)(C)C)C3=O)cc1. The maximum atomic E-state index is 15.7. The molecule has 9 aromatic rings. The summed E-state index contributed by atoms with van der Waals surface area (Å²) in [5.74, 6) is 0.249. The van der Waals surface area contributed by atoms with Crippen LogP contribution in [0, 0.1) is 0 Å². The van der Waals surface area contributed by atoms with Gasteiger partial charge in [0, 0.05) is 21.5 Å². The van der Waals surface area contributed by atoms with Gasteiger partial charge in [0.15, 0.2) is 0 Å². The molecule has 0 spiro atoms. The maximum Gasteiger partial charge on any atom is 0.335 e. The summed E-state index contributed by atoms with van der Waals surface area (Å²) in [7, 11) is 0. The van der Waals surface area contributed by atoms with Crippen LogP contribution < -0.4 is 14.4 Å². The van der Waals surface area contributed by atoms with Gasteiger partial charge in [-0.1, -0.05) is 162 Å². The van der Waals surface area contributed by atoms with Crippen molar-refractivity contribution in [3.05, 3.63) is 172 Å². The van der Waals surface area contributed by atoms with Gasteiger partial charge in [-0.2, -0.15) is 0 Å². The predicted molar refractivity (Wildman–Crippen MR) is 285 cm³/mol. The van der Waals surface area contributed by atoms with Crippen LogP contribution in [0.2, 0.25) is 0 Å². The van der Waals surface area contributed by atoms with E-state index < -0.39 is 23.2 Å². The fraction of sp³-hybridized carbons (Fsp3) is 0.254. The highest BCUT2D eigenvalue weighted by molar-refractivity contribution is 6.44. The van der Waals surface area contributed by atoms with Gasteiger partial charge in [-0.15, -0.1) is 0 Å². The number of amides is 2. The summed E-state index contributed by atoms with van der Waals surface area (Å²) >= 11 is 0. The first-order chi connectivity index (χ1) is 32.9. The number of carbonyl (C=O) groups is 3. The Morgan fingerprint density at radius 1 is 0.443 bits per heavy atom. The predicted octanol–water partition coefficient (Wildman–Crippen LogP) is 16.7. The lowest BCUT2D eigenvalue weighted by molar-refractivity contribution is 0.0696. The van der Waals surface area contributed by atoms with Gasteiger partial charge in [0.05, 0.1) is 22.4 Å². The van der Waals surface area contributed by atoms with Crippen LogP contribution >= 0.6 is 0 Å². The highest BCUT2D eigenvalue weighted by atomic mass is 16.5. The summed E-state index contributed by atoms with van der Waals surface area (Å²) < 4.78 is 14.2. The van der Waals surface area contributed by atoms with Gasteiger partial charge < -0.3 is 14.6 Å². The van der Waals surface area contributed by atoms with E-state index in [1.54, 1.807) is 12.1 Å². The van der Waals surface area contributed by atoms with Crippen LogP contribution in [-0.2, 0) is 21.7 Å². The number of nitrogens with zero attached hydrogens (tertiary/aromatic N) is 1. The van der Waals surface area contributed by atoms with Gasteiger partial charge in [0.1, 0.15) is 23.0 Å². The van der Waals surface area contributed by atoms with Gasteiger partial charge >= 0.3 is 5.97 Å². The first kappa shape index (κ1) is 46.2. The summed E-state index contributed by atoms with van der Waals surface area (Å²) in [5, 5.41) is 16.0. The molecule has 0 unspecified atom stereocenters. The summed E-state index contributed by atoms with van der Waals surface area (Å²) in [5.41, 5.74) is 6.54. The zero-order chi connectivity index (χ0) is 50.0. The monoisotopic (exact) mass is 925 g/mol. The lowest BCUT2D eigenvalue weighted by Gasteiger charge is -2.34. The van der Waals surface area contributed by atoms with E-state index in [0.717, 1.165) is 65.7 Å². The Kier molecular flexibility index (Phi) is 10.6. The Morgan fingerprint density at radius 2 is 0.914 bits per heavy atom. The molecule has 0 radical (unpaired) electrons. The number of carbonyl (C=O) groups excluding carboxylic acids is 2. The number of hydrogen-bond donors (Lipinski definition) is 1. The molecule has 1 heterocycles. The fourth-order valence-electron chi connectivity index (χ4n) is 10.2. The third-order valence-electron chi connectivity index (χ3n) is 14.0. The van der Waals surface area contributed by atoms with Crippen LogP contribution in [0.5, 0.6) is 23.0 Å². The molecule has 0 atom stereocenters. The number of imide groups is 1. The normalized spacial score (nSPS) is 13.6. The Morgan fingerprint density at radius 3 is 1.39 bits per heavy atom. The minimum Gasteiger partial charge on any atom is -0.478 e. The topological polar surface area (TPSA) is 93.1 Å². The average molecular weight is 926 g/mol. The van der Waals surface area contributed by atoms with Gasteiger partial charge in [0.2, 0.25) is 0 Å². The van der Waals surface area contributed by atoms with E-state index in [9.17, 15) is 9.90 Å². The summed E-state index contributed by atoms with van der Waals surface area (Å²) in [6.07, 6.45) is 0. The molecule has 0 bridgehead atoms. The summed E-state index contributed by atoms with van der Waals surface area (Å²) in [6, 6.07) is 43.2. The van der Waals surface area contributed by atoms with Crippen LogP contribution in [0.15, 0.2) is 133 Å². The molecule has 0 fully saturated rings.